The Morgan fingerprint density at radius 1 is 1.12 bits per heavy atom. The van der Waals surface area contributed by atoms with Gasteiger partial charge in [-0.3, -0.25) is 14.7 Å². The van der Waals surface area contributed by atoms with Crippen molar-refractivity contribution in [3.63, 3.8) is 0 Å². The highest BCUT2D eigenvalue weighted by atomic mass is 16.5. The fraction of sp³-hybridized carbons (Fsp3) is 0.407. The van der Waals surface area contributed by atoms with Crippen molar-refractivity contribution >= 4 is 16.8 Å². The maximum absolute atomic E-state index is 12.7. The lowest BCUT2D eigenvalue weighted by Crippen LogP contribution is -2.37. The molecule has 2 fully saturated rings. The number of hydrogen-bond acceptors (Lipinski definition) is 4. The number of carbonyl (C=O) groups excluding carboxylic acids is 1. The summed E-state index contributed by atoms with van der Waals surface area (Å²) < 4.78 is 5.28. The number of carbonyl (C=O) groups is 1. The van der Waals surface area contributed by atoms with Crippen molar-refractivity contribution in [2.45, 2.75) is 32.2 Å². The minimum atomic E-state index is 0.196. The van der Waals surface area contributed by atoms with Crippen molar-refractivity contribution in [2.75, 3.05) is 26.7 Å². The van der Waals surface area contributed by atoms with Crippen LogP contribution < -0.4 is 10.1 Å². The predicted octanol–water partition coefficient (Wildman–Crippen LogP) is 4.20. The molecule has 32 heavy (non-hydrogen) atoms. The maximum Gasteiger partial charge on any atom is 0.223 e. The summed E-state index contributed by atoms with van der Waals surface area (Å²) in [5.74, 6) is 1.30. The predicted molar refractivity (Wildman–Crippen MR) is 127 cm³/mol. The summed E-state index contributed by atoms with van der Waals surface area (Å²) in [4.78, 5) is 19.7. The number of nitrogens with zero attached hydrogens (tertiary/aromatic N) is 2. The van der Waals surface area contributed by atoms with E-state index in [9.17, 15) is 4.79 Å². The number of rotatable bonds is 7. The average molecular weight is 430 g/mol. The number of likely N-dealkylation sites (tertiary alicyclic amines) is 1. The normalized spacial score (nSPS) is 19.7. The third kappa shape index (κ3) is 4.49. The third-order valence-electron chi connectivity index (χ3n) is 7.28. The molecule has 1 amide bonds. The molecule has 1 saturated carbocycles. The molecule has 5 heteroatoms. The van der Waals surface area contributed by atoms with E-state index in [2.05, 4.69) is 45.5 Å². The Bertz CT molecular complexity index is 1100. The number of hydrogen-bond donors (Lipinski definition) is 1. The summed E-state index contributed by atoms with van der Waals surface area (Å²) in [6.07, 6.45) is 5.96. The minimum absolute atomic E-state index is 0.196. The molecule has 1 unspecified atom stereocenters. The van der Waals surface area contributed by atoms with Gasteiger partial charge in [-0.2, -0.15) is 0 Å². The first-order chi connectivity index (χ1) is 15.6. The number of piperidine rings is 1. The van der Waals surface area contributed by atoms with E-state index < -0.39 is 0 Å². The van der Waals surface area contributed by atoms with Gasteiger partial charge in [-0.15, -0.1) is 0 Å². The van der Waals surface area contributed by atoms with Crippen LogP contribution in [0.25, 0.3) is 10.9 Å². The number of aromatic nitrogens is 1. The van der Waals surface area contributed by atoms with Gasteiger partial charge < -0.3 is 10.1 Å². The van der Waals surface area contributed by atoms with E-state index >= 15 is 0 Å². The van der Waals surface area contributed by atoms with Gasteiger partial charge in [0.05, 0.1) is 12.6 Å². The van der Waals surface area contributed by atoms with Crippen LogP contribution in [0.1, 0.15) is 30.4 Å². The summed E-state index contributed by atoms with van der Waals surface area (Å²) in [6, 6.07) is 18.7. The van der Waals surface area contributed by atoms with Gasteiger partial charge in [-0.25, -0.2) is 0 Å². The SMILES string of the molecule is COc1cccc(CCNC(=O)C2CC23CCN(Cc2ccc4ncccc4c2)CC3)c1. The molecule has 2 aliphatic rings. The molecule has 5 rings (SSSR count). The fourth-order valence-electron chi connectivity index (χ4n) is 5.19. The van der Waals surface area contributed by atoms with Crippen molar-refractivity contribution in [3.05, 3.63) is 71.9 Å². The number of pyridine rings is 1. The zero-order valence-corrected chi connectivity index (χ0v) is 18.7. The van der Waals surface area contributed by atoms with Crippen LogP contribution in [0.2, 0.25) is 0 Å². The van der Waals surface area contributed by atoms with Crippen molar-refractivity contribution in [1.29, 1.82) is 0 Å². The second-order valence-electron chi connectivity index (χ2n) is 9.32. The van der Waals surface area contributed by atoms with Gasteiger partial charge in [0.2, 0.25) is 5.91 Å². The van der Waals surface area contributed by atoms with E-state index in [-0.39, 0.29) is 17.2 Å². The molecule has 166 valence electrons. The first kappa shape index (κ1) is 21.0. The number of benzene rings is 2. The molecule has 0 radical (unpaired) electrons. The van der Waals surface area contributed by atoms with Crippen molar-refractivity contribution in [2.24, 2.45) is 11.3 Å². The molecular formula is C27H31N3O2. The van der Waals surface area contributed by atoms with Crippen LogP contribution in [0, 0.1) is 11.3 Å². The fourth-order valence-corrected chi connectivity index (χ4v) is 5.19. The van der Waals surface area contributed by atoms with Gasteiger partial charge in [-0.05, 0) is 85.6 Å². The third-order valence-corrected chi connectivity index (χ3v) is 7.28. The van der Waals surface area contributed by atoms with Gasteiger partial charge in [0, 0.05) is 30.6 Å². The van der Waals surface area contributed by atoms with Crippen LogP contribution in [0.4, 0.5) is 0 Å². The summed E-state index contributed by atoms with van der Waals surface area (Å²) in [6.45, 7) is 3.79. The molecule has 1 aliphatic heterocycles. The molecule has 1 atom stereocenters. The van der Waals surface area contributed by atoms with Gasteiger partial charge in [-0.1, -0.05) is 24.3 Å². The van der Waals surface area contributed by atoms with Crippen LogP contribution in [0.5, 0.6) is 5.75 Å². The van der Waals surface area contributed by atoms with Gasteiger partial charge in [0.15, 0.2) is 0 Å². The second-order valence-corrected chi connectivity index (χ2v) is 9.32. The quantitative estimate of drug-likeness (QED) is 0.612. The van der Waals surface area contributed by atoms with Crippen LogP contribution >= 0.6 is 0 Å². The summed E-state index contributed by atoms with van der Waals surface area (Å²) >= 11 is 0. The maximum atomic E-state index is 12.7. The van der Waals surface area contributed by atoms with Crippen LogP contribution in [0.15, 0.2) is 60.8 Å². The second kappa shape index (κ2) is 8.91. The zero-order chi connectivity index (χ0) is 22.0. The van der Waals surface area contributed by atoms with Gasteiger partial charge in [0.25, 0.3) is 0 Å². The molecule has 1 spiro atoms. The Labute approximate surface area is 189 Å². The molecule has 3 aromatic rings. The highest BCUT2D eigenvalue weighted by molar-refractivity contribution is 5.82. The van der Waals surface area contributed by atoms with E-state index in [0.29, 0.717) is 6.54 Å². The van der Waals surface area contributed by atoms with Crippen molar-refractivity contribution < 1.29 is 9.53 Å². The Hall–Kier alpha value is -2.92. The number of methoxy groups -OCH3 is 1. The molecule has 1 N–H and O–H groups in total. The average Bonchev–Trinajstić information content (AvgIpc) is 3.54. The molecule has 1 aliphatic carbocycles. The highest BCUT2D eigenvalue weighted by Crippen LogP contribution is 2.59. The zero-order valence-electron chi connectivity index (χ0n) is 18.7. The van der Waals surface area contributed by atoms with Crippen LogP contribution in [-0.4, -0.2) is 42.5 Å². The monoisotopic (exact) mass is 429 g/mol. The van der Waals surface area contributed by atoms with E-state index in [1.54, 1.807) is 7.11 Å². The number of fused-ring (bicyclic) bond motifs is 1. The highest BCUT2D eigenvalue weighted by Gasteiger charge is 2.58. The molecule has 2 heterocycles. The van der Waals surface area contributed by atoms with Gasteiger partial charge >= 0.3 is 0 Å². The number of amides is 1. The number of ether oxygens (including phenoxy) is 1. The minimum Gasteiger partial charge on any atom is -0.497 e. The molecular weight excluding hydrogens is 398 g/mol. The number of nitrogens with one attached hydrogen (secondary N) is 1. The van der Waals surface area contributed by atoms with E-state index in [4.69, 9.17) is 4.74 Å². The van der Waals surface area contributed by atoms with Gasteiger partial charge in [0.1, 0.15) is 5.75 Å². The largest absolute Gasteiger partial charge is 0.497 e. The Balaban J connectivity index is 1.08. The van der Waals surface area contributed by atoms with Crippen LogP contribution in [0.3, 0.4) is 0 Å². The smallest absolute Gasteiger partial charge is 0.223 e. The van der Waals surface area contributed by atoms with E-state index in [1.807, 2.05) is 30.5 Å². The molecule has 5 nitrogen and oxygen atoms in total. The first-order valence-corrected chi connectivity index (χ1v) is 11.6. The lowest BCUT2D eigenvalue weighted by molar-refractivity contribution is -0.123. The Morgan fingerprint density at radius 2 is 2.00 bits per heavy atom. The Kier molecular flexibility index (Phi) is 5.83. The topological polar surface area (TPSA) is 54.5 Å². The summed E-state index contributed by atoms with van der Waals surface area (Å²) in [5.41, 5.74) is 3.81. The Morgan fingerprint density at radius 3 is 2.84 bits per heavy atom. The standard InChI is InChI=1S/C27H31N3O2/c1-32-23-6-2-4-20(17-23)9-13-29-26(31)24-18-27(24)10-14-30(15-11-27)19-21-7-8-25-22(16-21)5-3-12-28-25/h2-8,12,16-17,24H,9-11,13-15,18-19H2,1H3,(H,29,31). The van der Waals surface area contributed by atoms with E-state index in [0.717, 1.165) is 56.6 Å². The van der Waals surface area contributed by atoms with E-state index in [1.165, 1.54) is 16.5 Å². The van der Waals surface area contributed by atoms with Crippen LogP contribution in [-0.2, 0) is 17.8 Å². The molecule has 1 saturated heterocycles. The summed E-state index contributed by atoms with van der Waals surface area (Å²) in [5, 5.41) is 4.37. The molecule has 0 bridgehead atoms. The lowest BCUT2D eigenvalue weighted by Gasteiger charge is -2.32. The van der Waals surface area contributed by atoms with Crippen molar-refractivity contribution in [1.82, 2.24) is 15.2 Å². The molecule has 1 aromatic heterocycles. The molecule has 2 aromatic carbocycles. The lowest BCUT2D eigenvalue weighted by atomic mass is 9.90. The first-order valence-electron chi connectivity index (χ1n) is 11.6. The van der Waals surface area contributed by atoms with Crippen molar-refractivity contribution in [3.8, 4) is 5.75 Å². The summed E-state index contributed by atoms with van der Waals surface area (Å²) in [7, 11) is 1.68.